The molecule has 0 aliphatic heterocycles. The fourth-order valence-corrected chi connectivity index (χ4v) is 1.32. The average molecular weight is 159 g/mol. The number of hydrogen-bond acceptors (Lipinski definition) is 0. The first-order valence-corrected chi connectivity index (χ1v) is 4.13. The SMILES string of the molecule is [C-]#[N+]c1ccc(C)c(C(C)C)c1. The number of aryl methyl sites for hydroxylation is 1. The predicted octanol–water partition coefficient (Wildman–Crippen LogP) is 3.67. The minimum Gasteiger partial charge on any atom is -0.238 e. The summed E-state index contributed by atoms with van der Waals surface area (Å²) in [5, 5.41) is 0. The molecule has 1 rings (SSSR count). The van der Waals surface area contributed by atoms with Gasteiger partial charge in [0.1, 0.15) is 0 Å². The first-order valence-electron chi connectivity index (χ1n) is 4.13. The Morgan fingerprint density at radius 2 is 2.00 bits per heavy atom. The zero-order chi connectivity index (χ0) is 9.14. The highest BCUT2D eigenvalue weighted by Crippen LogP contribution is 2.24. The smallest absolute Gasteiger partial charge is 0.187 e. The van der Waals surface area contributed by atoms with Crippen LogP contribution in [0.5, 0.6) is 0 Å². The van der Waals surface area contributed by atoms with E-state index < -0.39 is 0 Å². The van der Waals surface area contributed by atoms with Gasteiger partial charge in [0.15, 0.2) is 5.69 Å². The molecule has 62 valence electrons. The third kappa shape index (κ3) is 1.65. The molecule has 0 heterocycles. The van der Waals surface area contributed by atoms with Crippen LogP contribution >= 0.6 is 0 Å². The average Bonchev–Trinajstić information content (AvgIpc) is 2.05. The van der Waals surface area contributed by atoms with Gasteiger partial charge in [0.25, 0.3) is 0 Å². The van der Waals surface area contributed by atoms with Crippen molar-refractivity contribution in [3.8, 4) is 0 Å². The second kappa shape index (κ2) is 3.40. The Morgan fingerprint density at radius 1 is 1.33 bits per heavy atom. The molecule has 1 heteroatoms. The zero-order valence-electron chi connectivity index (χ0n) is 7.76. The molecule has 1 aromatic carbocycles. The zero-order valence-corrected chi connectivity index (χ0v) is 7.76. The van der Waals surface area contributed by atoms with Crippen molar-refractivity contribution in [1.82, 2.24) is 0 Å². The Balaban J connectivity index is 3.19. The summed E-state index contributed by atoms with van der Waals surface area (Å²) in [6.07, 6.45) is 0. The van der Waals surface area contributed by atoms with Gasteiger partial charge < -0.3 is 0 Å². The minimum atomic E-state index is 0.506. The summed E-state index contributed by atoms with van der Waals surface area (Å²) in [6.45, 7) is 13.3. The maximum atomic E-state index is 6.88. The highest BCUT2D eigenvalue weighted by atomic mass is 14.6. The van der Waals surface area contributed by atoms with Crippen molar-refractivity contribution < 1.29 is 0 Å². The van der Waals surface area contributed by atoms with Gasteiger partial charge in [-0.3, -0.25) is 0 Å². The molecule has 1 nitrogen and oxygen atoms in total. The van der Waals surface area contributed by atoms with Crippen LogP contribution in [0.15, 0.2) is 18.2 Å². The van der Waals surface area contributed by atoms with E-state index in [1.807, 2.05) is 18.2 Å². The van der Waals surface area contributed by atoms with E-state index in [4.69, 9.17) is 6.57 Å². The molecule has 0 fully saturated rings. The van der Waals surface area contributed by atoms with Crippen LogP contribution < -0.4 is 0 Å². The van der Waals surface area contributed by atoms with Crippen LogP contribution in [0.4, 0.5) is 5.69 Å². The number of nitrogens with zero attached hydrogens (tertiary/aromatic N) is 1. The summed E-state index contributed by atoms with van der Waals surface area (Å²) in [7, 11) is 0. The van der Waals surface area contributed by atoms with E-state index in [0.29, 0.717) is 5.92 Å². The van der Waals surface area contributed by atoms with Gasteiger partial charge in [0.2, 0.25) is 0 Å². The van der Waals surface area contributed by atoms with E-state index >= 15 is 0 Å². The Morgan fingerprint density at radius 3 is 2.50 bits per heavy atom. The molecule has 0 atom stereocenters. The molecule has 0 aliphatic carbocycles. The molecule has 0 N–H and O–H groups in total. The Bertz CT molecular complexity index is 318. The molecule has 0 spiro atoms. The molecular formula is C11H13N. The van der Waals surface area contributed by atoms with Crippen molar-refractivity contribution in [3.63, 3.8) is 0 Å². The van der Waals surface area contributed by atoms with Gasteiger partial charge in [0, 0.05) is 0 Å². The highest BCUT2D eigenvalue weighted by Gasteiger charge is 2.03. The lowest BCUT2D eigenvalue weighted by atomic mass is 9.98. The third-order valence-electron chi connectivity index (χ3n) is 2.01. The van der Waals surface area contributed by atoms with E-state index in [9.17, 15) is 0 Å². The standard InChI is InChI=1S/C11H13N/c1-8(2)11-7-10(12-4)6-5-9(11)3/h5-8H,1-3H3. The summed E-state index contributed by atoms with van der Waals surface area (Å²) in [6, 6.07) is 5.86. The van der Waals surface area contributed by atoms with Crippen LogP contribution in [0.1, 0.15) is 30.9 Å². The second-order valence-corrected chi connectivity index (χ2v) is 3.31. The van der Waals surface area contributed by atoms with Crippen LogP contribution in [0.2, 0.25) is 0 Å². The van der Waals surface area contributed by atoms with Crippen molar-refractivity contribution in [3.05, 3.63) is 40.7 Å². The molecule has 0 saturated carbocycles. The van der Waals surface area contributed by atoms with Gasteiger partial charge in [-0.2, -0.15) is 0 Å². The second-order valence-electron chi connectivity index (χ2n) is 3.31. The quantitative estimate of drug-likeness (QED) is 0.551. The van der Waals surface area contributed by atoms with Gasteiger partial charge in [-0.1, -0.05) is 43.2 Å². The fourth-order valence-electron chi connectivity index (χ4n) is 1.32. The lowest BCUT2D eigenvalue weighted by molar-refractivity contribution is 0.857. The van der Waals surface area contributed by atoms with Gasteiger partial charge in [-0.15, -0.1) is 0 Å². The van der Waals surface area contributed by atoms with E-state index in [-0.39, 0.29) is 0 Å². The lowest BCUT2D eigenvalue weighted by Crippen LogP contribution is -1.90. The maximum absolute atomic E-state index is 6.88. The van der Waals surface area contributed by atoms with E-state index in [0.717, 1.165) is 5.69 Å². The van der Waals surface area contributed by atoms with Crippen LogP contribution in [-0.2, 0) is 0 Å². The minimum absolute atomic E-state index is 0.506. The van der Waals surface area contributed by atoms with E-state index in [1.165, 1.54) is 11.1 Å². The molecule has 0 bridgehead atoms. The van der Waals surface area contributed by atoms with Crippen molar-refractivity contribution in [2.45, 2.75) is 26.7 Å². The normalized spacial score (nSPS) is 9.92. The summed E-state index contributed by atoms with van der Waals surface area (Å²) in [5.41, 5.74) is 3.30. The number of benzene rings is 1. The number of hydrogen-bond donors (Lipinski definition) is 0. The van der Waals surface area contributed by atoms with Gasteiger partial charge in [-0.05, 0) is 12.8 Å². The molecule has 12 heavy (non-hydrogen) atoms. The summed E-state index contributed by atoms with van der Waals surface area (Å²) >= 11 is 0. The monoisotopic (exact) mass is 159 g/mol. The molecule has 0 aromatic heterocycles. The van der Waals surface area contributed by atoms with E-state index in [2.05, 4.69) is 25.6 Å². The van der Waals surface area contributed by atoms with Crippen molar-refractivity contribution >= 4 is 5.69 Å². The van der Waals surface area contributed by atoms with Crippen molar-refractivity contribution in [2.24, 2.45) is 0 Å². The molecule has 0 saturated heterocycles. The molecular weight excluding hydrogens is 146 g/mol. The third-order valence-corrected chi connectivity index (χ3v) is 2.01. The van der Waals surface area contributed by atoms with Gasteiger partial charge in [-0.25, -0.2) is 4.85 Å². The summed E-state index contributed by atoms with van der Waals surface area (Å²) in [4.78, 5) is 3.40. The molecule has 0 aliphatic rings. The molecule has 0 unspecified atom stereocenters. The first kappa shape index (κ1) is 8.80. The Labute approximate surface area is 73.9 Å². The van der Waals surface area contributed by atoms with Crippen LogP contribution in [0, 0.1) is 13.5 Å². The summed E-state index contributed by atoms with van der Waals surface area (Å²) < 4.78 is 0. The topological polar surface area (TPSA) is 4.36 Å². The molecule has 0 radical (unpaired) electrons. The maximum Gasteiger partial charge on any atom is 0.187 e. The van der Waals surface area contributed by atoms with Crippen LogP contribution in [-0.4, -0.2) is 0 Å². The molecule has 1 aromatic rings. The van der Waals surface area contributed by atoms with Gasteiger partial charge >= 0.3 is 0 Å². The van der Waals surface area contributed by atoms with E-state index in [1.54, 1.807) is 0 Å². The Hall–Kier alpha value is -1.29. The van der Waals surface area contributed by atoms with Crippen LogP contribution in [0.25, 0.3) is 4.85 Å². The Kier molecular flexibility index (Phi) is 2.50. The highest BCUT2D eigenvalue weighted by molar-refractivity contribution is 5.50. The van der Waals surface area contributed by atoms with Crippen molar-refractivity contribution in [1.29, 1.82) is 0 Å². The summed E-state index contributed by atoms with van der Waals surface area (Å²) in [5.74, 6) is 0.506. The van der Waals surface area contributed by atoms with Crippen LogP contribution in [0.3, 0.4) is 0 Å². The largest absolute Gasteiger partial charge is 0.238 e. The first-order chi connectivity index (χ1) is 5.65. The number of rotatable bonds is 1. The molecule has 0 amide bonds. The van der Waals surface area contributed by atoms with Crippen molar-refractivity contribution in [2.75, 3.05) is 0 Å². The van der Waals surface area contributed by atoms with Gasteiger partial charge in [0.05, 0.1) is 6.57 Å². The lowest BCUT2D eigenvalue weighted by Gasteiger charge is -2.09. The fraction of sp³-hybridized carbons (Fsp3) is 0.364. The predicted molar refractivity (Wildman–Crippen MR) is 51.5 cm³/mol.